The first-order valence-electron chi connectivity index (χ1n) is 6.90. The lowest BCUT2D eigenvalue weighted by Crippen LogP contribution is -2.52. The molecule has 106 valence electrons. The molecule has 20 heavy (non-hydrogen) atoms. The molecule has 0 bridgehead atoms. The quantitative estimate of drug-likeness (QED) is 0.666. The molecule has 1 fully saturated rings. The van der Waals surface area contributed by atoms with Crippen molar-refractivity contribution in [2.45, 2.75) is 31.5 Å². The van der Waals surface area contributed by atoms with Crippen LogP contribution in [0.25, 0.3) is 10.9 Å². The minimum Gasteiger partial charge on any atom is -0.393 e. The van der Waals surface area contributed by atoms with Crippen molar-refractivity contribution in [2.75, 3.05) is 0 Å². The molecule has 0 spiro atoms. The number of amides is 1. The van der Waals surface area contributed by atoms with E-state index in [4.69, 9.17) is 5.73 Å². The number of fused-ring (bicyclic) bond motifs is 1. The van der Waals surface area contributed by atoms with Gasteiger partial charge in [0, 0.05) is 42.0 Å². The lowest BCUT2D eigenvalue weighted by atomic mass is 9.75. The third-order valence-electron chi connectivity index (χ3n) is 4.14. The Morgan fingerprint density at radius 2 is 2.30 bits per heavy atom. The highest BCUT2D eigenvalue weighted by Gasteiger charge is 2.38. The van der Waals surface area contributed by atoms with Gasteiger partial charge in [-0.2, -0.15) is 0 Å². The van der Waals surface area contributed by atoms with E-state index in [1.54, 1.807) is 0 Å². The van der Waals surface area contributed by atoms with Gasteiger partial charge in [-0.15, -0.1) is 0 Å². The van der Waals surface area contributed by atoms with Gasteiger partial charge in [0.2, 0.25) is 5.91 Å². The van der Waals surface area contributed by atoms with Crippen molar-refractivity contribution in [1.29, 1.82) is 0 Å². The molecule has 3 unspecified atom stereocenters. The van der Waals surface area contributed by atoms with Gasteiger partial charge in [-0.25, -0.2) is 0 Å². The van der Waals surface area contributed by atoms with E-state index in [2.05, 4.69) is 10.3 Å². The lowest BCUT2D eigenvalue weighted by molar-refractivity contribution is -0.125. The summed E-state index contributed by atoms with van der Waals surface area (Å²) in [5, 5.41) is 13.6. The summed E-state index contributed by atoms with van der Waals surface area (Å²) in [4.78, 5) is 15.0. The van der Waals surface area contributed by atoms with Crippen molar-refractivity contribution in [3.05, 3.63) is 36.0 Å². The smallest absolute Gasteiger partial charge is 0.220 e. The first kappa shape index (κ1) is 13.1. The number of aromatic amines is 1. The van der Waals surface area contributed by atoms with E-state index >= 15 is 0 Å². The molecule has 0 saturated heterocycles. The molecule has 1 heterocycles. The molecule has 1 aliphatic rings. The second kappa shape index (κ2) is 5.26. The van der Waals surface area contributed by atoms with Crippen LogP contribution in [0.2, 0.25) is 0 Å². The fourth-order valence-corrected chi connectivity index (χ4v) is 2.79. The summed E-state index contributed by atoms with van der Waals surface area (Å²) in [6, 6.07) is 7.92. The van der Waals surface area contributed by atoms with Gasteiger partial charge in [0.25, 0.3) is 0 Å². The van der Waals surface area contributed by atoms with Crippen LogP contribution in [-0.2, 0) is 11.3 Å². The molecule has 1 aliphatic carbocycles. The third-order valence-corrected chi connectivity index (χ3v) is 4.14. The first-order chi connectivity index (χ1) is 9.65. The van der Waals surface area contributed by atoms with Crippen LogP contribution in [0.3, 0.4) is 0 Å². The summed E-state index contributed by atoms with van der Waals surface area (Å²) < 4.78 is 0. The predicted octanol–water partition coefficient (Wildman–Crippen LogP) is 0.882. The normalized spacial score (nSPS) is 25.4. The fourth-order valence-electron chi connectivity index (χ4n) is 2.79. The minimum absolute atomic E-state index is 0.0520. The van der Waals surface area contributed by atoms with Crippen LogP contribution in [0.1, 0.15) is 18.4 Å². The number of hydrogen-bond donors (Lipinski definition) is 4. The molecule has 1 amide bonds. The van der Waals surface area contributed by atoms with Crippen molar-refractivity contribution in [1.82, 2.24) is 10.3 Å². The number of aliphatic hydroxyl groups is 1. The summed E-state index contributed by atoms with van der Waals surface area (Å²) in [5.74, 6) is -0.158. The van der Waals surface area contributed by atoms with Crippen LogP contribution in [0.4, 0.5) is 0 Å². The Kier molecular flexibility index (Phi) is 3.46. The van der Waals surface area contributed by atoms with Crippen molar-refractivity contribution in [3.63, 3.8) is 0 Å². The average Bonchev–Trinajstić information content (AvgIpc) is 2.91. The van der Waals surface area contributed by atoms with Crippen LogP contribution in [0, 0.1) is 5.92 Å². The first-order valence-corrected chi connectivity index (χ1v) is 6.90. The Hall–Kier alpha value is -1.85. The van der Waals surface area contributed by atoms with E-state index in [1.807, 2.05) is 30.5 Å². The zero-order valence-corrected chi connectivity index (χ0v) is 11.2. The van der Waals surface area contributed by atoms with Gasteiger partial charge in [0.05, 0.1) is 6.10 Å². The van der Waals surface area contributed by atoms with Gasteiger partial charge in [0.15, 0.2) is 0 Å². The monoisotopic (exact) mass is 273 g/mol. The highest BCUT2D eigenvalue weighted by atomic mass is 16.3. The summed E-state index contributed by atoms with van der Waals surface area (Å²) >= 11 is 0. The summed E-state index contributed by atoms with van der Waals surface area (Å²) in [5.41, 5.74) is 7.93. The largest absolute Gasteiger partial charge is 0.393 e. The zero-order chi connectivity index (χ0) is 14.1. The molecule has 5 nitrogen and oxygen atoms in total. The second-order valence-corrected chi connectivity index (χ2v) is 5.47. The van der Waals surface area contributed by atoms with E-state index in [0.29, 0.717) is 19.4 Å². The molecule has 5 heteroatoms. The van der Waals surface area contributed by atoms with Gasteiger partial charge in [-0.3, -0.25) is 4.79 Å². The number of carbonyl (C=O) groups excluding carboxylic acids is 1. The molecule has 3 rings (SSSR count). The van der Waals surface area contributed by atoms with E-state index < -0.39 is 6.10 Å². The van der Waals surface area contributed by atoms with Crippen LogP contribution >= 0.6 is 0 Å². The Balaban J connectivity index is 1.59. The number of nitrogens with one attached hydrogen (secondary N) is 2. The van der Waals surface area contributed by atoms with E-state index in [1.165, 1.54) is 0 Å². The predicted molar refractivity (Wildman–Crippen MR) is 76.9 cm³/mol. The van der Waals surface area contributed by atoms with Crippen LogP contribution < -0.4 is 11.1 Å². The number of carbonyl (C=O) groups is 1. The van der Waals surface area contributed by atoms with Crippen molar-refractivity contribution < 1.29 is 9.90 Å². The van der Waals surface area contributed by atoms with E-state index in [-0.39, 0.29) is 17.9 Å². The highest BCUT2D eigenvalue weighted by Crippen LogP contribution is 2.29. The lowest BCUT2D eigenvalue weighted by Gasteiger charge is -2.38. The van der Waals surface area contributed by atoms with Gasteiger partial charge < -0.3 is 21.1 Å². The molecule has 2 aromatic rings. The van der Waals surface area contributed by atoms with Crippen molar-refractivity contribution in [3.8, 4) is 0 Å². The van der Waals surface area contributed by atoms with Crippen molar-refractivity contribution >= 4 is 16.8 Å². The maximum atomic E-state index is 11.9. The number of rotatable bonds is 4. The highest BCUT2D eigenvalue weighted by molar-refractivity contribution is 5.83. The number of nitrogens with two attached hydrogens (primary N) is 1. The minimum atomic E-state index is -0.427. The molecular formula is C15H19N3O2. The average molecular weight is 273 g/mol. The van der Waals surface area contributed by atoms with Crippen molar-refractivity contribution in [2.24, 2.45) is 11.7 Å². The molecule has 0 aliphatic heterocycles. The second-order valence-electron chi connectivity index (χ2n) is 5.47. The van der Waals surface area contributed by atoms with Gasteiger partial charge >= 0.3 is 0 Å². The standard InChI is InChI=1S/C15H19N3O2/c16-12-7-14(19)11(12)6-15(20)18-8-9-2-1-3-13-10(9)4-5-17-13/h1-5,11-12,14,17,19H,6-8,16H2,(H,18,20). The topological polar surface area (TPSA) is 91.1 Å². The summed E-state index contributed by atoms with van der Waals surface area (Å²) in [6.07, 6.45) is 2.36. The number of benzene rings is 1. The summed E-state index contributed by atoms with van der Waals surface area (Å²) in [6.45, 7) is 0.492. The Bertz CT molecular complexity index is 614. The van der Waals surface area contributed by atoms with Gasteiger partial charge in [0.1, 0.15) is 0 Å². The number of aliphatic hydroxyl groups excluding tert-OH is 1. The van der Waals surface area contributed by atoms with E-state index in [0.717, 1.165) is 16.5 Å². The Morgan fingerprint density at radius 3 is 3.05 bits per heavy atom. The molecule has 0 radical (unpaired) electrons. The Morgan fingerprint density at radius 1 is 1.45 bits per heavy atom. The maximum Gasteiger partial charge on any atom is 0.220 e. The zero-order valence-electron chi connectivity index (χ0n) is 11.2. The number of aromatic nitrogens is 1. The Labute approximate surface area is 117 Å². The van der Waals surface area contributed by atoms with Crippen LogP contribution in [-0.4, -0.2) is 28.1 Å². The number of H-pyrrole nitrogens is 1. The molecule has 3 atom stereocenters. The molecule has 1 aromatic heterocycles. The SMILES string of the molecule is NC1CC(O)C1CC(=O)NCc1cccc2[nH]ccc12. The molecule has 1 aromatic carbocycles. The molecule has 1 saturated carbocycles. The van der Waals surface area contributed by atoms with Crippen LogP contribution in [0.5, 0.6) is 0 Å². The summed E-state index contributed by atoms with van der Waals surface area (Å²) in [7, 11) is 0. The van der Waals surface area contributed by atoms with Gasteiger partial charge in [-0.05, 0) is 24.1 Å². The van der Waals surface area contributed by atoms with E-state index in [9.17, 15) is 9.90 Å². The maximum absolute atomic E-state index is 11.9. The van der Waals surface area contributed by atoms with Gasteiger partial charge in [-0.1, -0.05) is 12.1 Å². The third kappa shape index (κ3) is 2.42. The number of hydrogen-bond acceptors (Lipinski definition) is 3. The molecular weight excluding hydrogens is 254 g/mol. The van der Waals surface area contributed by atoms with Crippen LogP contribution in [0.15, 0.2) is 30.5 Å². The fraction of sp³-hybridized carbons (Fsp3) is 0.400. The molecule has 5 N–H and O–H groups in total.